The van der Waals surface area contributed by atoms with E-state index in [4.69, 9.17) is 4.98 Å². The Hall–Kier alpha value is -1.24. The third kappa shape index (κ3) is 4.18. The van der Waals surface area contributed by atoms with E-state index < -0.39 is 0 Å². The zero-order valence-electron chi connectivity index (χ0n) is 15.8. The van der Waals surface area contributed by atoms with Crippen molar-refractivity contribution in [3.8, 4) is 0 Å². The topological polar surface area (TPSA) is 40.9 Å². The van der Waals surface area contributed by atoms with Gasteiger partial charge >= 0.3 is 0 Å². The van der Waals surface area contributed by atoms with E-state index in [2.05, 4.69) is 9.80 Å². The monoisotopic (exact) mass is 374 g/mol. The highest BCUT2D eigenvalue weighted by molar-refractivity contribution is 7.15. The van der Waals surface area contributed by atoms with Gasteiger partial charge in [0.15, 0.2) is 4.96 Å². The van der Waals surface area contributed by atoms with Crippen LogP contribution < -0.4 is 5.56 Å². The van der Waals surface area contributed by atoms with E-state index in [0.29, 0.717) is 0 Å². The Morgan fingerprint density at radius 1 is 1.08 bits per heavy atom. The van der Waals surface area contributed by atoms with Crippen LogP contribution in [0.5, 0.6) is 0 Å². The minimum atomic E-state index is 0.0554. The van der Waals surface area contributed by atoms with Crippen LogP contribution in [-0.4, -0.2) is 51.9 Å². The van der Waals surface area contributed by atoms with Gasteiger partial charge in [-0.3, -0.25) is 14.1 Å². The third-order valence-electron chi connectivity index (χ3n) is 5.94. The first-order valence-corrected chi connectivity index (χ1v) is 11.0. The summed E-state index contributed by atoms with van der Waals surface area (Å²) in [4.78, 5) is 23.0. The number of piperidine rings is 1. The second-order valence-electron chi connectivity index (χ2n) is 8.02. The van der Waals surface area contributed by atoms with Crippen LogP contribution in [-0.2, 0) is 6.54 Å². The molecule has 0 spiro atoms. The molecular weight excluding hydrogens is 344 g/mol. The summed E-state index contributed by atoms with van der Waals surface area (Å²) in [6.07, 6.45) is 8.13. The van der Waals surface area contributed by atoms with Gasteiger partial charge in [0.25, 0.3) is 5.56 Å². The van der Waals surface area contributed by atoms with Crippen LogP contribution >= 0.6 is 11.3 Å². The smallest absolute Gasteiger partial charge is 0.259 e. The molecule has 4 heterocycles. The van der Waals surface area contributed by atoms with Gasteiger partial charge in [0, 0.05) is 30.2 Å². The molecule has 0 radical (unpaired) electrons. The van der Waals surface area contributed by atoms with Crippen molar-refractivity contribution in [3.05, 3.63) is 33.2 Å². The van der Waals surface area contributed by atoms with E-state index in [0.717, 1.165) is 41.9 Å². The maximum absolute atomic E-state index is 12.3. The Morgan fingerprint density at radius 2 is 1.81 bits per heavy atom. The maximum atomic E-state index is 12.3. The molecule has 6 heteroatoms. The Bertz CT molecular complexity index is 783. The molecular formula is C20H30N4OS. The van der Waals surface area contributed by atoms with Gasteiger partial charge in [0.05, 0.1) is 5.69 Å². The Balaban J connectivity index is 1.31. The molecule has 0 N–H and O–H groups in total. The molecule has 0 aromatic carbocycles. The predicted molar refractivity (Wildman–Crippen MR) is 107 cm³/mol. The highest BCUT2D eigenvalue weighted by atomic mass is 32.1. The number of hydrogen-bond donors (Lipinski definition) is 0. The van der Waals surface area contributed by atoms with Gasteiger partial charge < -0.3 is 4.90 Å². The average Bonchev–Trinajstić information content (AvgIpc) is 2.83. The van der Waals surface area contributed by atoms with Crippen LogP contribution in [0.1, 0.15) is 49.9 Å². The third-order valence-corrected chi connectivity index (χ3v) is 6.88. The number of fused-ring (bicyclic) bond motifs is 1. The Morgan fingerprint density at radius 3 is 2.54 bits per heavy atom. The van der Waals surface area contributed by atoms with Crippen LogP contribution in [0.2, 0.25) is 0 Å². The lowest BCUT2D eigenvalue weighted by Gasteiger charge is -2.34. The molecule has 26 heavy (non-hydrogen) atoms. The molecule has 142 valence electrons. The van der Waals surface area contributed by atoms with E-state index >= 15 is 0 Å². The summed E-state index contributed by atoms with van der Waals surface area (Å²) in [5, 5.41) is 2.00. The maximum Gasteiger partial charge on any atom is 0.259 e. The molecule has 0 saturated carbocycles. The number of rotatable bonds is 4. The van der Waals surface area contributed by atoms with Crippen molar-refractivity contribution in [3.63, 3.8) is 0 Å². The van der Waals surface area contributed by atoms with E-state index in [1.165, 1.54) is 58.2 Å². The normalized spacial score (nSPS) is 21.3. The molecule has 2 aliphatic heterocycles. The molecule has 2 aromatic heterocycles. The van der Waals surface area contributed by atoms with Crippen molar-refractivity contribution in [2.75, 3.05) is 32.7 Å². The van der Waals surface area contributed by atoms with Crippen LogP contribution in [0, 0.1) is 12.8 Å². The van der Waals surface area contributed by atoms with Crippen molar-refractivity contribution in [1.82, 2.24) is 19.2 Å². The lowest BCUT2D eigenvalue weighted by Crippen LogP contribution is -2.39. The van der Waals surface area contributed by atoms with Gasteiger partial charge in [-0.15, -0.1) is 11.3 Å². The molecule has 5 nitrogen and oxygen atoms in total. The molecule has 2 saturated heterocycles. The van der Waals surface area contributed by atoms with Crippen LogP contribution in [0.3, 0.4) is 0 Å². The fourth-order valence-electron chi connectivity index (χ4n) is 4.42. The molecule has 2 aromatic rings. The average molecular weight is 375 g/mol. The predicted octanol–water partition coefficient (Wildman–Crippen LogP) is 3.15. The molecule has 0 bridgehead atoms. The first-order valence-electron chi connectivity index (χ1n) is 10.1. The van der Waals surface area contributed by atoms with Crippen molar-refractivity contribution >= 4 is 16.3 Å². The van der Waals surface area contributed by atoms with Crippen LogP contribution in [0.15, 0.2) is 16.2 Å². The van der Waals surface area contributed by atoms with E-state index in [9.17, 15) is 4.79 Å². The summed E-state index contributed by atoms with van der Waals surface area (Å²) in [6, 6.07) is 1.72. The number of aromatic nitrogens is 2. The zero-order chi connectivity index (χ0) is 17.9. The highest BCUT2D eigenvalue weighted by Crippen LogP contribution is 2.21. The van der Waals surface area contributed by atoms with Crippen molar-refractivity contribution in [2.45, 2.75) is 52.0 Å². The molecule has 4 rings (SSSR count). The van der Waals surface area contributed by atoms with E-state index in [-0.39, 0.29) is 5.56 Å². The number of aryl methyl sites for hydroxylation is 1. The molecule has 2 fully saturated rings. The quantitative estimate of drug-likeness (QED) is 0.824. The second kappa shape index (κ2) is 8.19. The lowest BCUT2D eigenvalue weighted by molar-refractivity contribution is 0.139. The summed E-state index contributed by atoms with van der Waals surface area (Å²) in [6.45, 7) is 8.91. The van der Waals surface area contributed by atoms with E-state index in [1.807, 2.05) is 12.3 Å². The van der Waals surface area contributed by atoms with Gasteiger partial charge in [-0.25, -0.2) is 4.98 Å². The molecule has 0 atom stereocenters. The fourth-order valence-corrected chi connectivity index (χ4v) is 5.31. The van der Waals surface area contributed by atoms with Gasteiger partial charge in [-0.1, -0.05) is 12.8 Å². The SMILES string of the molecule is Cc1csc2nc(CN3CCC(CN4CCCCCC4)CC3)cc(=O)n12. The van der Waals surface area contributed by atoms with Gasteiger partial charge in [-0.2, -0.15) is 0 Å². The highest BCUT2D eigenvalue weighted by Gasteiger charge is 2.22. The van der Waals surface area contributed by atoms with Gasteiger partial charge in [-0.05, 0) is 64.7 Å². The zero-order valence-corrected chi connectivity index (χ0v) is 16.6. The van der Waals surface area contributed by atoms with Gasteiger partial charge in [0.1, 0.15) is 0 Å². The first kappa shape index (κ1) is 18.1. The summed E-state index contributed by atoms with van der Waals surface area (Å²) < 4.78 is 1.71. The summed E-state index contributed by atoms with van der Waals surface area (Å²) in [5.41, 5.74) is 1.95. The van der Waals surface area contributed by atoms with Crippen molar-refractivity contribution in [1.29, 1.82) is 0 Å². The largest absolute Gasteiger partial charge is 0.303 e. The van der Waals surface area contributed by atoms with Gasteiger partial charge in [0.2, 0.25) is 0 Å². The number of hydrogen-bond acceptors (Lipinski definition) is 5. The molecule has 0 amide bonds. The number of likely N-dealkylation sites (tertiary alicyclic amines) is 2. The first-order chi connectivity index (χ1) is 12.7. The summed E-state index contributed by atoms with van der Waals surface area (Å²) in [5.74, 6) is 0.838. The second-order valence-corrected chi connectivity index (χ2v) is 8.85. The number of thiazole rings is 1. The van der Waals surface area contributed by atoms with Crippen molar-refractivity contribution < 1.29 is 0 Å². The minimum Gasteiger partial charge on any atom is -0.303 e. The minimum absolute atomic E-state index is 0.0554. The van der Waals surface area contributed by atoms with E-state index in [1.54, 1.807) is 21.8 Å². The molecule has 0 unspecified atom stereocenters. The Kier molecular flexibility index (Phi) is 5.72. The summed E-state index contributed by atoms with van der Waals surface area (Å²) in [7, 11) is 0. The summed E-state index contributed by atoms with van der Waals surface area (Å²) >= 11 is 1.55. The van der Waals surface area contributed by atoms with Crippen LogP contribution in [0.25, 0.3) is 4.96 Å². The molecule has 2 aliphatic rings. The van der Waals surface area contributed by atoms with Crippen molar-refractivity contribution in [2.24, 2.45) is 5.92 Å². The molecule has 0 aliphatic carbocycles. The number of nitrogens with zero attached hydrogens (tertiary/aromatic N) is 4. The standard InChI is InChI=1S/C20H30N4OS/c1-16-15-26-20-21-18(12-19(25)24(16)20)14-23-10-6-17(7-11-23)13-22-8-4-2-3-5-9-22/h12,15,17H,2-11,13-14H2,1H3. The Labute approximate surface area is 159 Å². The fraction of sp³-hybridized carbons (Fsp3) is 0.700. The van der Waals surface area contributed by atoms with Crippen LogP contribution in [0.4, 0.5) is 0 Å². The lowest BCUT2D eigenvalue weighted by atomic mass is 9.96.